The van der Waals surface area contributed by atoms with Gasteiger partial charge in [0, 0.05) is 42.5 Å². The van der Waals surface area contributed by atoms with E-state index in [0.717, 1.165) is 56.9 Å². The number of hydrogen-bond acceptors (Lipinski definition) is 11. The van der Waals surface area contributed by atoms with Gasteiger partial charge in [-0.25, -0.2) is 28.8 Å². The Balaban J connectivity index is 0.000000189. The number of imidazole rings is 1. The lowest BCUT2D eigenvalue weighted by atomic mass is 10.2. The van der Waals surface area contributed by atoms with Crippen LogP contribution in [0.1, 0.15) is 54.9 Å². The number of benzene rings is 2. The third-order valence-corrected chi connectivity index (χ3v) is 8.89. The monoisotopic (exact) mass is 728 g/mol. The predicted molar refractivity (Wildman–Crippen MR) is 208 cm³/mol. The van der Waals surface area contributed by atoms with Crippen LogP contribution in [0.3, 0.4) is 0 Å². The van der Waals surface area contributed by atoms with Gasteiger partial charge < -0.3 is 15.4 Å². The predicted octanol–water partition coefficient (Wildman–Crippen LogP) is 4.20. The van der Waals surface area contributed by atoms with Crippen molar-refractivity contribution in [3.8, 4) is 5.88 Å². The number of aromatic nitrogens is 8. The van der Waals surface area contributed by atoms with Crippen LogP contribution in [0.5, 0.6) is 5.88 Å². The quantitative estimate of drug-likeness (QED) is 0.126. The standard InChI is InChI=1S/C21H23N7O2.C18H21N5O/c1-3-27(4-2)13-14-6-5-7-16(10-14)23-18-8-9-28-19(25-18)15(12-22-28)11-17-20(29)26-21(30)24-17;1-3-22(4-2)12-14-6-5-7-16(10-14)20-17-8-9-23-18(21-17)15(13-24)11-19-23/h5-12,29H,3-4,13H2,1-2H3,(H2,24,26,30);5-11,13H,3-4,12H2,1-2H3,(H,20,21). The summed E-state index contributed by atoms with van der Waals surface area (Å²) in [5.74, 6) is 0.455. The van der Waals surface area contributed by atoms with Crippen LogP contribution in [0.25, 0.3) is 17.4 Å². The largest absolute Gasteiger partial charge is 0.493 e. The highest BCUT2D eigenvalue weighted by atomic mass is 16.3. The summed E-state index contributed by atoms with van der Waals surface area (Å²) >= 11 is 0. The maximum Gasteiger partial charge on any atom is 0.326 e. The van der Waals surface area contributed by atoms with Crippen LogP contribution >= 0.6 is 0 Å². The smallest absolute Gasteiger partial charge is 0.326 e. The van der Waals surface area contributed by atoms with E-state index in [4.69, 9.17) is 0 Å². The molecule has 54 heavy (non-hydrogen) atoms. The molecule has 0 radical (unpaired) electrons. The van der Waals surface area contributed by atoms with Crippen molar-refractivity contribution >= 4 is 40.8 Å². The van der Waals surface area contributed by atoms with Crippen molar-refractivity contribution in [2.75, 3.05) is 31.5 Å². The van der Waals surface area contributed by atoms with E-state index in [1.807, 2.05) is 30.3 Å². The van der Waals surface area contributed by atoms with Gasteiger partial charge >= 0.3 is 5.69 Å². The van der Waals surface area contributed by atoms with E-state index in [1.54, 1.807) is 39.8 Å². The highest BCUT2D eigenvalue weighted by Gasteiger charge is 2.08. The normalized spacial score (nSPS) is 12.2. The molecule has 0 aliphatic carbocycles. The highest BCUT2D eigenvalue weighted by Crippen LogP contribution is 2.19. The van der Waals surface area contributed by atoms with Crippen LogP contribution < -0.4 is 21.7 Å². The average Bonchev–Trinajstić information content (AvgIpc) is 3.88. The highest BCUT2D eigenvalue weighted by molar-refractivity contribution is 5.84. The Bertz CT molecular complexity index is 2530. The lowest BCUT2D eigenvalue weighted by Gasteiger charge is -2.18. The molecule has 0 bridgehead atoms. The summed E-state index contributed by atoms with van der Waals surface area (Å²) in [5.41, 5.74) is 6.18. The zero-order chi connectivity index (χ0) is 38.0. The Morgan fingerprint density at radius 1 is 0.815 bits per heavy atom. The van der Waals surface area contributed by atoms with E-state index < -0.39 is 5.69 Å². The van der Waals surface area contributed by atoms with Crippen LogP contribution in [0, 0.1) is 0 Å². The Morgan fingerprint density at radius 2 is 1.48 bits per heavy atom. The van der Waals surface area contributed by atoms with Gasteiger partial charge in [-0.1, -0.05) is 52.0 Å². The van der Waals surface area contributed by atoms with Gasteiger partial charge in [0.2, 0.25) is 5.88 Å². The van der Waals surface area contributed by atoms with Crippen LogP contribution in [-0.2, 0) is 13.1 Å². The molecule has 0 amide bonds. The molecule has 15 heteroatoms. The third-order valence-electron chi connectivity index (χ3n) is 8.89. The van der Waals surface area contributed by atoms with Crippen molar-refractivity contribution in [1.29, 1.82) is 0 Å². The summed E-state index contributed by atoms with van der Waals surface area (Å²) in [4.78, 5) is 45.6. The van der Waals surface area contributed by atoms with E-state index >= 15 is 0 Å². The van der Waals surface area contributed by atoms with Crippen molar-refractivity contribution < 1.29 is 9.90 Å². The molecule has 0 saturated carbocycles. The molecule has 5 aromatic heterocycles. The number of aldehydes is 1. The van der Waals surface area contributed by atoms with Gasteiger partial charge in [0.1, 0.15) is 11.5 Å². The van der Waals surface area contributed by atoms with Crippen LogP contribution in [0.4, 0.5) is 17.2 Å². The number of rotatable bonds is 13. The second kappa shape index (κ2) is 17.4. The van der Waals surface area contributed by atoms with Crippen molar-refractivity contribution in [3.63, 3.8) is 0 Å². The molecule has 0 aliphatic heterocycles. The molecule has 0 unspecified atom stereocenters. The van der Waals surface area contributed by atoms with Gasteiger partial charge in [0.05, 0.1) is 23.6 Å². The molecule has 0 spiro atoms. The van der Waals surface area contributed by atoms with Crippen molar-refractivity contribution in [2.45, 2.75) is 40.8 Å². The molecular formula is C39H44N12O3. The van der Waals surface area contributed by atoms with Crippen molar-refractivity contribution in [2.24, 2.45) is 4.99 Å². The topological polar surface area (TPSA) is 177 Å². The van der Waals surface area contributed by atoms with E-state index in [2.05, 4.69) is 102 Å². The lowest BCUT2D eigenvalue weighted by Crippen LogP contribution is -2.22. The van der Waals surface area contributed by atoms with Gasteiger partial charge in [0.15, 0.2) is 23.1 Å². The summed E-state index contributed by atoms with van der Waals surface area (Å²) < 4.78 is 3.20. The van der Waals surface area contributed by atoms with Crippen molar-refractivity contribution in [3.05, 3.63) is 129 Å². The molecule has 278 valence electrons. The van der Waals surface area contributed by atoms with Gasteiger partial charge in [-0.05, 0) is 73.7 Å². The second-order valence-corrected chi connectivity index (χ2v) is 12.5. The molecule has 0 fully saturated rings. The first-order chi connectivity index (χ1) is 26.3. The number of aromatic hydroxyl groups is 1. The fourth-order valence-electron chi connectivity index (χ4n) is 5.89. The van der Waals surface area contributed by atoms with E-state index in [-0.39, 0.29) is 11.6 Å². The molecule has 2 aromatic carbocycles. The number of anilines is 2. The summed E-state index contributed by atoms with van der Waals surface area (Å²) in [6.45, 7) is 14.5. The minimum absolute atomic E-state index is 0.231. The number of nitrogens with one attached hydrogen (secondary N) is 3. The van der Waals surface area contributed by atoms with Crippen LogP contribution in [-0.4, -0.2) is 86.5 Å². The summed E-state index contributed by atoms with van der Waals surface area (Å²) in [5, 5.41) is 22.1. The maximum absolute atomic E-state index is 11.3. The summed E-state index contributed by atoms with van der Waals surface area (Å²) in [6, 6.07) is 20.0. The molecule has 15 nitrogen and oxygen atoms in total. The number of fused-ring (bicyclic) bond motifs is 2. The molecule has 0 atom stereocenters. The van der Waals surface area contributed by atoms with Crippen LogP contribution in [0.2, 0.25) is 0 Å². The molecule has 7 rings (SSSR count). The first-order valence-corrected chi connectivity index (χ1v) is 17.9. The Hall–Kier alpha value is -6.45. The summed E-state index contributed by atoms with van der Waals surface area (Å²) in [6.07, 6.45) is 9.07. The Labute approximate surface area is 311 Å². The number of aromatic amines is 2. The zero-order valence-electron chi connectivity index (χ0n) is 30.8. The van der Waals surface area contributed by atoms with E-state index in [9.17, 15) is 14.7 Å². The number of nitrogens with zero attached hydrogens (tertiary/aromatic N) is 9. The first-order valence-electron chi connectivity index (χ1n) is 17.9. The molecule has 7 aromatic rings. The fraction of sp³-hybridized carbons (Fsp3) is 0.256. The molecule has 0 aliphatic rings. The zero-order valence-corrected chi connectivity index (χ0v) is 30.8. The third kappa shape index (κ3) is 9.12. The number of carbonyl (C=O) groups is 1. The first kappa shape index (κ1) is 37.3. The SMILES string of the molecule is CCN(CC)Cc1cccc(N=c2ccn3ncc(=Cc4[nH]c(=O)[nH]c4O)c3n2)c1.CCN(CC)Cc1cccc(Nc2ccn3ncc(C=O)c3n2)c1. The molecule has 4 N–H and O–H groups in total. The Kier molecular flexibility index (Phi) is 12.0. The average molecular weight is 729 g/mol. The van der Waals surface area contributed by atoms with Gasteiger partial charge in [-0.15, -0.1) is 0 Å². The number of hydrogen-bond donors (Lipinski definition) is 4. The molecule has 0 saturated heterocycles. The second-order valence-electron chi connectivity index (χ2n) is 12.5. The van der Waals surface area contributed by atoms with E-state index in [0.29, 0.717) is 33.4 Å². The Morgan fingerprint density at radius 3 is 2.17 bits per heavy atom. The molecular weight excluding hydrogens is 685 g/mol. The lowest BCUT2D eigenvalue weighted by molar-refractivity contribution is 0.112. The van der Waals surface area contributed by atoms with Gasteiger partial charge in [-0.3, -0.25) is 19.6 Å². The minimum Gasteiger partial charge on any atom is -0.493 e. The maximum atomic E-state index is 11.3. The summed E-state index contributed by atoms with van der Waals surface area (Å²) in [7, 11) is 0. The van der Waals surface area contributed by atoms with Gasteiger partial charge in [-0.2, -0.15) is 10.2 Å². The number of H-pyrrole nitrogens is 2. The van der Waals surface area contributed by atoms with Gasteiger partial charge in [0.25, 0.3) is 0 Å². The van der Waals surface area contributed by atoms with E-state index in [1.165, 1.54) is 17.3 Å². The fourth-order valence-corrected chi connectivity index (χ4v) is 5.89. The molecule has 5 heterocycles. The minimum atomic E-state index is -0.483. The van der Waals surface area contributed by atoms with Crippen molar-refractivity contribution in [1.82, 2.24) is 49.0 Å². The van der Waals surface area contributed by atoms with Crippen LogP contribution in [0.15, 0.2) is 95.2 Å². The number of carbonyl (C=O) groups excluding carboxylic acids is 1.